The summed E-state index contributed by atoms with van der Waals surface area (Å²) in [5, 5.41) is 0.939. The maximum absolute atomic E-state index is 11.4. The van der Waals surface area contributed by atoms with Gasteiger partial charge in [0.25, 0.3) is 0 Å². The lowest BCUT2D eigenvalue weighted by molar-refractivity contribution is 0.302. The molecule has 4 heteroatoms. The van der Waals surface area contributed by atoms with Crippen molar-refractivity contribution in [2.24, 2.45) is 0 Å². The van der Waals surface area contributed by atoms with Crippen molar-refractivity contribution >= 4 is 11.0 Å². The van der Waals surface area contributed by atoms with E-state index in [1.165, 1.54) is 6.07 Å². The van der Waals surface area contributed by atoms with E-state index in [1.807, 2.05) is 19.1 Å². The Kier molecular flexibility index (Phi) is 3.32. The number of aryl methyl sites for hydroxylation is 1. The van der Waals surface area contributed by atoms with Gasteiger partial charge in [-0.05, 0) is 37.7 Å². The Morgan fingerprint density at radius 3 is 2.90 bits per heavy atom. The molecule has 0 saturated heterocycles. The van der Waals surface area contributed by atoms with Crippen molar-refractivity contribution in [1.29, 1.82) is 0 Å². The molecule has 0 atom stereocenters. The van der Waals surface area contributed by atoms with Gasteiger partial charge in [0.05, 0.1) is 0 Å². The van der Waals surface area contributed by atoms with Crippen LogP contribution in [0.3, 0.4) is 0 Å². The molecule has 2 aromatic rings. The third-order valence-electron chi connectivity index (χ3n) is 3.54. The van der Waals surface area contributed by atoms with Crippen LogP contribution in [0.5, 0.6) is 5.75 Å². The Balaban J connectivity index is 1.91. The van der Waals surface area contributed by atoms with Crippen molar-refractivity contribution in [3.63, 3.8) is 0 Å². The van der Waals surface area contributed by atoms with E-state index in [0.717, 1.165) is 36.2 Å². The normalized spacial score (nSPS) is 16.2. The van der Waals surface area contributed by atoms with Crippen molar-refractivity contribution in [2.75, 3.05) is 20.1 Å². The molecular formula is C16H17NO3. The topological polar surface area (TPSA) is 42.7 Å². The Morgan fingerprint density at radius 2 is 2.15 bits per heavy atom. The quantitative estimate of drug-likeness (QED) is 0.788. The average Bonchev–Trinajstić information content (AvgIpc) is 2.41. The molecule has 0 amide bonds. The van der Waals surface area contributed by atoms with E-state index >= 15 is 0 Å². The summed E-state index contributed by atoms with van der Waals surface area (Å²) >= 11 is 0. The molecule has 0 N–H and O–H groups in total. The van der Waals surface area contributed by atoms with Crippen LogP contribution < -0.4 is 10.4 Å². The Bertz CT molecular complexity index is 730. The highest BCUT2D eigenvalue weighted by Crippen LogP contribution is 2.24. The minimum atomic E-state index is -0.328. The van der Waals surface area contributed by atoms with Crippen LogP contribution in [0.25, 0.3) is 11.0 Å². The van der Waals surface area contributed by atoms with E-state index in [-0.39, 0.29) is 5.63 Å². The molecule has 0 radical (unpaired) electrons. The summed E-state index contributed by atoms with van der Waals surface area (Å²) in [6.45, 7) is 3.80. The van der Waals surface area contributed by atoms with E-state index in [2.05, 4.69) is 18.0 Å². The number of benzene rings is 1. The predicted octanol–water partition coefficient (Wildman–Crippen LogP) is 2.70. The summed E-state index contributed by atoms with van der Waals surface area (Å²) in [6.07, 6.45) is 2.98. The molecule has 0 unspecified atom stereocenters. The SMILES string of the molecule is Cc1cc(=O)oc2cc(OC3=CCN(C)CC3)ccc12. The number of ether oxygens (including phenoxy) is 1. The van der Waals surface area contributed by atoms with E-state index in [1.54, 1.807) is 6.07 Å². The minimum Gasteiger partial charge on any atom is -0.462 e. The zero-order valence-electron chi connectivity index (χ0n) is 11.7. The molecule has 20 heavy (non-hydrogen) atoms. The molecule has 4 nitrogen and oxygen atoms in total. The lowest BCUT2D eigenvalue weighted by Crippen LogP contribution is -2.25. The highest BCUT2D eigenvalue weighted by atomic mass is 16.5. The predicted molar refractivity (Wildman–Crippen MR) is 78.0 cm³/mol. The van der Waals surface area contributed by atoms with Crippen molar-refractivity contribution < 1.29 is 9.15 Å². The number of fused-ring (bicyclic) bond motifs is 1. The first kappa shape index (κ1) is 12.9. The Labute approximate surface area is 117 Å². The fraction of sp³-hybridized carbons (Fsp3) is 0.312. The highest BCUT2D eigenvalue weighted by Gasteiger charge is 2.10. The second-order valence-electron chi connectivity index (χ2n) is 5.19. The molecule has 0 fully saturated rings. The molecule has 1 aliphatic heterocycles. The molecule has 1 aromatic heterocycles. The maximum atomic E-state index is 11.4. The third-order valence-corrected chi connectivity index (χ3v) is 3.54. The van der Waals surface area contributed by atoms with Gasteiger partial charge in [0.15, 0.2) is 0 Å². The number of nitrogens with zero attached hydrogens (tertiary/aromatic N) is 1. The van der Waals surface area contributed by atoms with Gasteiger partial charge >= 0.3 is 5.63 Å². The van der Waals surface area contributed by atoms with Gasteiger partial charge in [-0.1, -0.05) is 0 Å². The molecule has 2 heterocycles. The number of hydrogen-bond donors (Lipinski definition) is 0. The molecule has 1 aliphatic rings. The molecule has 0 spiro atoms. The van der Waals surface area contributed by atoms with Crippen LogP contribution in [-0.2, 0) is 0 Å². The van der Waals surface area contributed by atoms with Gasteiger partial charge < -0.3 is 14.1 Å². The molecule has 1 aromatic carbocycles. The largest absolute Gasteiger partial charge is 0.462 e. The van der Waals surface area contributed by atoms with Crippen LogP contribution in [0.1, 0.15) is 12.0 Å². The molecule has 0 aliphatic carbocycles. The van der Waals surface area contributed by atoms with Crippen LogP contribution in [0.2, 0.25) is 0 Å². The first-order chi connectivity index (χ1) is 9.61. The van der Waals surface area contributed by atoms with Gasteiger partial charge in [0, 0.05) is 37.0 Å². The highest BCUT2D eigenvalue weighted by molar-refractivity contribution is 5.81. The van der Waals surface area contributed by atoms with Crippen LogP contribution in [0.15, 0.2) is 45.3 Å². The molecule has 104 valence electrons. The molecule has 0 bridgehead atoms. The monoisotopic (exact) mass is 271 g/mol. The Morgan fingerprint density at radius 1 is 1.30 bits per heavy atom. The molecular weight excluding hydrogens is 254 g/mol. The summed E-state index contributed by atoms with van der Waals surface area (Å²) in [5.41, 5.74) is 1.16. The lowest BCUT2D eigenvalue weighted by Gasteiger charge is -2.21. The number of likely N-dealkylation sites (N-methyl/N-ethyl adjacent to an activating group) is 1. The van der Waals surface area contributed by atoms with Crippen molar-refractivity contribution in [2.45, 2.75) is 13.3 Å². The first-order valence-electron chi connectivity index (χ1n) is 6.72. The van der Waals surface area contributed by atoms with Gasteiger partial charge in [-0.25, -0.2) is 4.79 Å². The van der Waals surface area contributed by atoms with E-state index in [4.69, 9.17) is 9.15 Å². The molecule has 0 saturated carbocycles. The minimum absolute atomic E-state index is 0.328. The Hall–Kier alpha value is -2.07. The number of hydrogen-bond acceptors (Lipinski definition) is 4. The summed E-state index contributed by atoms with van der Waals surface area (Å²) in [4.78, 5) is 13.6. The second-order valence-corrected chi connectivity index (χ2v) is 5.19. The smallest absolute Gasteiger partial charge is 0.336 e. The van der Waals surface area contributed by atoms with Gasteiger partial charge in [0.2, 0.25) is 0 Å². The van der Waals surface area contributed by atoms with Crippen molar-refractivity contribution in [3.8, 4) is 5.75 Å². The van der Waals surface area contributed by atoms with E-state index < -0.39 is 0 Å². The maximum Gasteiger partial charge on any atom is 0.336 e. The third kappa shape index (κ3) is 2.60. The fourth-order valence-electron chi connectivity index (χ4n) is 2.36. The zero-order chi connectivity index (χ0) is 14.1. The zero-order valence-corrected chi connectivity index (χ0v) is 11.7. The average molecular weight is 271 g/mol. The van der Waals surface area contributed by atoms with E-state index in [9.17, 15) is 4.79 Å². The van der Waals surface area contributed by atoms with Gasteiger partial charge in [-0.3, -0.25) is 0 Å². The first-order valence-corrected chi connectivity index (χ1v) is 6.72. The van der Waals surface area contributed by atoms with Crippen LogP contribution in [0, 0.1) is 6.92 Å². The number of rotatable bonds is 2. The second kappa shape index (κ2) is 5.13. The summed E-state index contributed by atoms with van der Waals surface area (Å²) < 4.78 is 11.1. The molecule has 3 rings (SSSR count). The standard InChI is InChI=1S/C16H17NO3/c1-11-9-16(18)20-15-10-13(3-4-14(11)15)19-12-5-7-17(2)8-6-12/h3-5,9-10H,6-8H2,1-2H3. The fourth-order valence-corrected chi connectivity index (χ4v) is 2.36. The van der Waals surface area contributed by atoms with Crippen molar-refractivity contribution in [3.05, 3.63) is 52.1 Å². The summed E-state index contributed by atoms with van der Waals surface area (Å²) in [7, 11) is 2.08. The van der Waals surface area contributed by atoms with Gasteiger partial charge in [-0.15, -0.1) is 0 Å². The van der Waals surface area contributed by atoms with Crippen molar-refractivity contribution in [1.82, 2.24) is 4.90 Å². The van der Waals surface area contributed by atoms with E-state index in [0.29, 0.717) is 11.3 Å². The summed E-state index contributed by atoms with van der Waals surface area (Å²) in [6, 6.07) is 7.12. The van der Waals surface area contributed by atoms with Gasteiger partial charge in [-0.2, -0.15) is 0 Å². The lowest BCUT2D eigenvalue weighted by atomic mass is 10.1. The van der Waals surface area contributed by atoms with Crippen LogP contribution >= 0.6 is 0 Å². The summed E-state index contributed by atoms with van der Waals surface area (Å²) in [5.74, 6) is 1.68. The van der Waals surface area contributed by atoms with Gasteiger partial charge in [0.1, 0.15) is 17.1 Å². The van der Waals surface area contributed by atoms with Crippen LogP contribution in [-0.4, -0.2) is 25.0 Å². The van der Waals surface area contributed by atoms with Crippen LogP contribution in [0.4, 0.5) is 0 Å².